The Balaban J connectivity index is 3.53. The van der Waals surface area contributed by atoms with Crippen LogP contribution in [0.2, 0.25) is 10.0 Å². The van der Waals surface area contributed by atoms with Crippen LogP contribution in [0.15, 0.2) is 23.3 Å². The molecule has 0 saturated heterocycles. The van der Waals surface area contributed by atoms with Gasteiger partial charge in [-0.1, -0.05) is 23.2 Å². The van der Waals surface area contributed by atoms with Crippen molar-refractivity contribution < 1.29 is 0 Å². The van der Waals surface area contributed by atoms with Crippen LogP contribution in [0, 0.1) is 0 Å². The number of aromatic nitrogens is 1. The van der Waals surface area contributed by atoms with Gasteiger partial charge in [-0.15, -0.1) is 0 Å². The van der Waals surface area contributed by atoms with Gasteiger partial charge in [0.15, 0.2) is 0 Å². The first-order valence-electron chi connectivity index (χ1n) is 2.51. The van der Waals surface area contributed by atoms with Crippen LogP contribution in [0.25, 0.3) is 0 Å². The van der Waals surface area contributed by atoms with Crippen molar-refractivity contribution in [3.8, 4) is 0 Å². The summed E-state index contributed by atoms with van der Waals surface area (Å²) in [5.41, 5.74) is -0.388. The molecule has 0 radical (unpaired) electrons. The number of rotatable bonds is 0. The summed E-state index contributed by atoms with van der Waals surface area (Å²) >= 11 is 10.9. The fourth-order valence-corrected chi connectivity index (χ4v) is 0.830. The van der Waals surface area contributed by atoms with E-state index in [0.29, 0.717) is 0 Å². The molecule has 1 rings (SSSR count). The van der Waals surface area contributed by atoms with E-state index in [1.165, 1.54) is 18.5 Å². The third kappa shape index (κ3) is 1.46. The summed E-state index contributed by atoms with van der Waals surface area (Å²) in [5.74, 6) is 0. The molecule has 10 heavy (non-hydrogen) atoms. The molecule has 0 aliphatic carbocycles. The Morgan fingerprint density at radius 2 is 2.00 bits per heavy atom. The molecule has 2 nitrogen and oxygen atoms in total. The molecule has 0 bridgehead atoms. The van der Waals surface area contributed by atoms with Crippen molar-refractivity contribution in [2.24, 2.45) is 0 Å². The Labute approximate surface area is 67.4 Å². The van der Waals surface area contributed by atoms with Gasteiger partial charge in [-0.3, -0.25) is 9.78 Å². The molecule has 52 valence electrons. The minimum Gasteiger partial charge on any atom is -0.287 e. The minimum absolute atomic E-state index is 0.0370. The second-order valence-corrected chi connectivity index (χ2v) is 2.43. The smallest absolute Gasteiger partial charge is 0.217 e. The maximum atomic E-state index is 10.9. The molecule has 0 aromatic carbocycles. The van der Waals surface area contributed by atoms with Gasteiger partial charge in [0.1, 0.15) is 5.02 Å². The average Bonchev–Trinajstić information content (AvgIpc) is 2.04. The van der Waals surface area contributed by atoms with Gasteiger partial charge in [0.2, 0.25) is 5.43 Å². The molecule has 0 amide bonds. The molecule has 0 unspecified atom stereocenters. The number of hydrogen-bond acceptors (Lipinski definition) is 2. The predicted octanol–water partition coefficient (Wildman–Crippen LogP) is 1.75. The van der Waals surface area contributed by atoms with Crippen LogP contribution in [-0.2, 0) is 0 Å². The fourth-order valence-electron chi connectivity index (χ4n) is 0.465. The van der Waals surface area contributed by atoms with Crippen LogP contribution in [0.3, 0.4) is 0 Å². The molecule has 0 fully saturated rings. The third-order valence-corrected chi connectivity index (χ3v) is 1.50. The molecular weight excluding hydrogens is 173 g/mol. The Bertz CT molecular complexity index is 272. The molecule has 0 saturated carbocycles. The summed E-state index contributed by atoms with van der Waals surface area (Å²) in [7, 11) is 0. The summed E-state index contributed by atoms with van der Waals surface area (Å²) in [4.78, 5) is 14.5. The van der Waals surface area contributed by atoms with Gasteiger partial charge in [0.05, 0.1) is 5.02 Å². The van der Waals surface area contributed by atoms with Gasteiger partial charge in [-0.05, 0) is 6.07 Å². The monoisotopic (exact) mass is 175 g/mol. The summed E-state index contributed by atoms with van der Waals surface area (Å²) in [5, 5.41) is 0.123. The van der Waals surface area contributed by atoms with E-state index in [9.17, 15) is 4.79 Å². The first-order chi connectivity index (χ1) is 4.72. The van der Waals surface area contributed by atoms with E-state index in [2.05, 4.69) is 4.98 Å². The van der Waals surface area contributed by atoms with Crippen molar-refractivity contribution in [2.45, 2.75) is 0 Å². The van der Waals surface area contributed by atoms with E-state index in [-0.39, 0.29) is 15.5 Å². The summed E-state index contributed by atoms with van der Waals surface area (Å²) in [6, 6.07) is 1.40. The van der Waals surface area contributed by atoms with Gasteiger partial charge in [-0.2, -0.15) is 0 Å². The van der Waals surface area contributed by atoms with Crippen molar-refractivity contribution in [3.63, 3.8) is 0 Å². The molecular formula is C6H3Cl2NO. The van der Waals surface area contributed by atoms with Crippen molar-refractivity contribution in [1.29, 1.82) is 0 Å². The summed E-state index contributed by atoms with van der Waals surface area (Å²) in [6.07, 6.45) is 2.67. The van der Waals surface area contributed by atoms with Crippen molar-refractivity contribution in [1.82, 2.24) is 4.98 Å². The van der Waals surface area contributed by atoms with E-state index < -0.39 is 0 Å². The first kappa shape index (κ1) is 7.51. The van der Waals surface area contributed by atoms with Gasteiger partial charge >= 0.3 is 0 Å². The standard InChI is InChI=1S/C6H3Cl2NO/c7-4-1-2-9-3-5(8)6(4)10/h1-3H. The van der Waals surface area contributed by atoms with Crippen LogP contribution in [0.5, 0.6) is 0 Å². The predicted molar refractivity (Wildman–Crippen MR) is 40.5 cm³/mol. The highest BCUT2D eigenvalue weighted by Gasteiger charge is 1.96. The average molecular weight is 176 g/mol. The van der Waals surface area contributed by atoms with E-state index >= 15 is 0 Å². The Hall–Kier alpha value is -0.600. The lowest BCUT2D eigenvalue weighted by Gasteiger charge is -1.76. The van der Waals surface area contributed by atoms with Crippen molar-refractivity contribution in [3.05, 3.63) is 38.7 Å². The molecule has 0 N–H and O–H groups in total. The zero-order valence-electron chi connectivity index (χ0n) is 4.84. The SMILES string of the molecule is O=c1c(Cl)ccncc1Cl. The zero-order chi connectivity index (χ0) is 7.56. The molecule has 0 aliphatic heterocycles. The van der Waals surface area contributed by atoms with Gasteiger partial charge < -0.3 is 0 Å². The van der Waals surface area contributed by atoms with E-state index in [0.717, 1.165) is 0 Å². The summed E-state index contributed by atoms with van der Waals surface area (Å²) in [6.45, 7) is 0. The second-order valence-electron chi connectivity index (χ2n) is 1.62. The molecule has 1 aromatic heterocycles. The van der Waals surface area contributed by atoms with Crippen LogP contribution in [0.1, 0.15) is 0 Å². The first-order valence-corrected chi connectivity index (χ1v) is 3.27. The Morgan fingerprint density at radius 1 is 1.30 bits per heavy atom. The molecule has 0 spiro atoms. The maximum Gasteiger partial charge on any atom is 0.217 e. The minimum atomic E-state index is -0.388. The van der Waals surface area contributed by atoms with Gasteiger partial charge in [0, 0.05) is 12.4 Å². The molecule has 0 atom stereocenters. The molecule has 0 aliphatic rings. The van der Waals surface area contributed by atoms with Gasteiger partial charge in [-0.25, -0.2) is 0 Å². The molecule has 1 heterocycles. The topological polar surface area (TPSA) is 30.0 Å². The third-order valence-electron chi connectivity index (χ3n) is 0.929. The molecule has 1 aromatic rings. The highest BCUT2D eigenvalue weighted by atomic mass is 35.5. The van der Waals surface area contributed by atoms with Crippen LogP contribution < -0.4 is 5.43 Å². The van der Waals surface area contributed by atoms with Gasteiger partial charge in [0.25, 0.3) is 0 Å². The van der Waals surface area contributed by atoms with Crippen molar-refractivity contribution >= 4 is 23.2 Å². The highest BCUT2D eigenvalue weighted by molar-refractivity contribution is 6.34. The summed E-state index contributed by atoms with van der Waals surface area (Å²) < 4.78 is 0. The van der Waals surface area contributed by atoms with Crippen LogP contribution in [-0.4, -0.2) is 4.98 Å². The van der Waals surface area contributed by atoms with E-state index in [1.807, 2.05) is 0 Å². The second kappa shape index (κ2) is 2.99. The van der Waals surface area contributed by atoms with E-state index in [1.54, 1.807) is 0 Å². The lowest BCUT2D eigenvalue weighted by Crippen LogP contribution is -1.96. The lowest BCUT2D eigenvalue weighted by molar-refractivity contribution is 1.37. The lowest BCUT2D eigenvalue weighted by atomic mass is 10.5. The number of hydrogen-bond donors (Lipinski definition) is 0. The van der Waals surface area contributed by atoms with Crippen LogP contribution in [0.4, 0.5) is 0 Å². The number of nitrogens with zero attached hydrogens (tertiary/aromatic N) is 1. The molecule has 4 heteroatoms. The number of halogens is 2. The van der Waals surface area contributed by atoms with Crippen LogP contribution >= 0.6 is 23.2 Å². The fraction of sp³-hybridized carbons (Fsp3) is 0. The Kier molecular flexibility index (Phi) is 2.25. The quantitative estimate of drug-likeness (QED) is 0.602. The normalized spacial score (nSPS) is 9.40. The van der Waals surface area contributed by atoms with E-state index in [4.69, 9.17) is 23.2 Å². The largest absolute Gasteiger partial charge is 0.287 e. The highest BCUT2D eigenvalue weighted by Crippen LogP contribution is 2.02. The Morgan fingerprint density at radius 3 is 2.70 bits per heavy atom. The zero-order valence-corrected chi connectivity index (χ0v) is 6.36. The maximum absolute atomic E-state index is 10.9. The van der Waals surface area contributed by atoms with Crippen molar-refractivity contribution in [2.75, 3.05) is 0 Å².